The van der Waals surface area contributed by atoms with Crippen LogP contribution in [0, 0.1) is 5.82 Å². The van der Waals surface area contributed by atoms with Crippen molar-refractivity contribution < 1.29 is 9.18 Å². The monoisotopic (exact) mass is 326 g/mol. The van der Waals surface area contributed by atoms with Gasteiger partial charge in [-0.3, -0.25) is 4.79 Å². The standard InChI is InChI=1S/C20H23FN2O/c1-15(16-8-4-3-5-9-16)22(2)19(24)14-23-13-7-11-17-10-6-12-18(21)20(17)23/h3-6,8-10,12,15H,7,11,13-14H2,1-2H3/t15-/m1/s1. The van der Waals surface area contributed by atoms with Crippen LogP contribution >= 0.6 is 0 Å². The van der Waals surface area contributed by atoms with Crippen molar-refractivity contribution in [1.29, 1.82) is 0 Å². The van der Waals surface area contributed by atoms with E-state index in [-0.39, 0.29) is 24.3 Å². The van der Waals surface area contributed by atoms with Crippen LogP contribution in [0.2, 0.25) is 0 Å². The summed E-state index contributed by atoms with van der Waals surface area (Å²) in [5.74, 6) is -0.235. The first-order valence-electron chi connectivity index (χ1n) is 8.41. The van der Waals surface area contributed by atoms with Crippen LogP contribution in [0.1, 0.15) is 30.5 Å². The van der Waals surface area contributed by atoms with Gasteiger partial charge in [0, 0.05) is 13.6 Å². The molecule has 0 radical (unpaired) electrons. The molecule has 0 fully saturated rings. The number of amides is 1. The minimum atomic E-state index is -0.237. The number of aryl methyl sites for hydroxylation is 1. The fourth-order valence-corrected chi connectivity index (χ4v) is 3.29. The topological polar surface area (TPSA) is 23.6 Å². The predicted octanol–water partition coefficient (Wildman–Crippen LogP) is 3.80. The zero-order valence-corrected chi connectivity index (χ0v) is 14.2. The number of hydrogen-bond donors (Lipinski definition) is 0. The molecule has 0 aliphatic carbocycles. The summed E-state index contributed by atoms with van der Waals surface area (Å²) in [4.78, 5) is 16.3. The number of carbonyl (C=O) groups is 1. The molecule has 1 atom stereocenters. The van der Waals surface area contributed by atoms with Gasteiger partial charge in [-0.25, -0.2) is 4.39 Å². The Balaban J connectivity index is 1.74. The molecule has 4 heteroatoms. The lowest BCUT2D eigenvalue weighted by molar-refractivity contribution is -0.130. The number of fused-ring (bicyclic) bond motifs is 1. The van der Waals surface area contributed by atoms with Crippen molar-refractivity contribution in [3.8, 4) is 0 Å². The first-order valence-corrected chi connectivity index (χ1v) is 8.41. The van der Waals surface area contributed by atoms with Crippen LogP contribution in [0.4, 0.5) is 10.1 Å². The fraction of sp³-hybridized carbons (Fsp3) is 0.350. The van der Waals surface area contributed by atoms with Gasteiger partial charge >= 0.3 is 0 Å². The van der Waals surface area contributed by atoms with E-state index < -0.39 is 0 Å². The zero-order chi connectivity index (χ0) is 17.1. The number of carbonyl (C=O) groups excluding carboxylic acids is 1. The van der Waals surface area contributed by atoms with Crippen LogP contribution < -0.4 is 4.90 Å². The number of rotatable bonds is 4. The summed E-state index contributed by atoms with van der Waals surface area (Å²) < 4.78 is 14.2. The molecule has 1 aliphatic heterocycles. The van der Waals surface area contributed by atoms with Gasteiger partial charge in [0.1, 0.15) is 5.82 Å². The molecule has 0 N–H and O–H groups in total. The van der Waals surface area contributed by atoms with E-state index in [1.54, 1.807) is 11.0 Å². The van der Waals surface area contributed by atoms with Gasteiger partial charge in [-0.1, -0.05) is 42.5 Å². The van der Waals surface area contributed by atoms with E-state index in [1.807, 2.05) is 55.3 Å². The molecule has 0 saturated heterocycles. The second-order valence-electron chi connectivity index (χ2n) is 6.36. The molecule has 0 unspecified atom stereocenters. The van der Waals surface area contributed by atoms with Gasteiger partial charge in [0.2, 0.25) is 5.91 Å². The Morgan fingerprint density at radius 2 is 1.96 bits per heavy atom. The van der Waals surface area contributed by atoms with Crippen molar-refractivity contribution in [2.75, 3.05) is 25.0 Å². The van der Waals surface area contributed by atoms with Gasteiger partial charge in [-0.05, 0) is 37.0 Å². The molecular weight excluding hydrogens is 303 g/mol. The van der Waals surface area contributed by atoms with Crippen molar-refractivity contribution in [3.63, 3.8) is 0 Å². The molecule has 126 valence electrons. The van der Waals surface area contributed by atoms with Gasteiger partial charge in [-0.15, -0.1) is 0 Å². The highest BCUT2D eigenvalue weighted by Crippen LogP contribution is 2.30. The smallest absolute Gasteiger partial charge is 0.242 e. The summed E-state index contributed by atoms with van der Waals surface area (Å²) in [6.45, 7) is 2.94. The Hall–Kier alpha value is -2.36. The normalized spacial score (nSPS) is 14.9. The van der Waals surface area contributed by atoms with E-state index in [2.05, 4.69) is 0 Å². The van der Waals surface area contributed by atoms with Crippen molar-refractivity contribution in [1.82, 2.24) is 4.90 Å². The van der Waals surface area contributed by atoms with Gasteiger partial charge < -0.3 is 9.80 Å². The Bertz CT molecular complexity index is 717. The molecule has 3 nitrogen and oxygen atoms in total. The number of benzene rings is 2. The lowest BCUT2D eigenvalue weighted by Gasteiger charge is -2.33. The maximum atomic E-state index is 14.2. The average Bonchev–Trinajstić information content (AvgIpc) is 2.61. The second-order valence-corrected chi connectivity index (χ2v) is 6.36. The first kappa shape index (κ1) is 16.5. The lowest BCUT2D eigenvalue weighted by Crippen LogP contribution is -2.42. The van der Waals surface area contributed by atoms with Gasteiger partial charge in [0.15, 0.2) is 0 Å². The van der Waals surface area contributed by atoms with Crippen LogP contribution in [0.5, 0.6) is 0 Å². The van der Waals surface area contributed by atoms with E-state index in [1.165, 1.54) is 6.07 Å². The van der Waals surface area contributed by atoms with Gasteiger partial charge in [0.05, 0.1) is 18.3 Å². The quantitative estimate of drug-likeness (QED) is 0.853. The molecule has 3 rings (SSSR count). The lowest BCUT2D eigenvalue weighted by atomic mass is 10.0. The number of hydrogen-bond acceptors (Lipinski definition) is 2. The van der Waals surface area contributed by atoms with Crippen LogP contribution in [0.25, 0.3) is 0 Å². The molecule has 1 amide bonds. The van der Waals surface area contributed by atoms with Crippen molar-refractivity contribution >= 4 is 11.6 Å². The Labute approximate surface area is 142 Å². The van der Waals surface area contributed by atoms with E-state index in [0.29, 0.717) is 12.2 Å². The largest absolute Gasteiger partial charge is 0.360 e. The summed E-state index contributed by atoms with van der Waals surface area (Å²) in [7, 11) is 1.81. The Kier molecular flexibility index (Phi) is 4.84. The highest BCUT2D eigenvalue weighted by atomic mass is 19.1. The summed E-state index contributed by atoms with van der Waals surface area (Å²) in [6.07, 6.45) is 1.82. The molecule has 2 aromatic rings. The zero-order valence-electron chi connectivity index (χ0n) is 14.2. The summed E-state index contributed by atoms with van der Waals surface area (Å²) in [5.41, 5.74) is 2.68. The van der Waals surface area contributed by atoms with E-state index >= 15 is 0 Å². The third-order valence-electron chi connectivity index (χ3n) is 4.84. The predicted molar refractivity (Wildman–Crippen MR) is 94.6 cm³/mol. The number of nitrogens with zero attached hydrogens (tertiary/aromatic N) is 2. The number of para-hydroxylation sites is 1. The number of likely N-dealkylation sites (N-methyl/N-ethyl adjacent to an activating group) is 1. The van der Waals surface area contributed by atoms with Gasteiger partial charge in [0.25, 0.3) is 0 Å². The Morgan fingerprint density at radius 3 is 2.71 bits per heavy atom. The second kappa shape index (κ2) is 7.04. The molecule has 0 bridgehead atoms. The third-order valence-corrected chi connectivity index (χ3v) is 4.84. The maximum absolute atomic E-state index is 14.2. The Morgan fingerprint density at radius 1 is 1.21 bits per heavy atom. The third kappa shape index (κ3) is 3.28. The molecule has 0 spiro atoms. The SMILES string of the molecule is C[C@H](c1ccccc1)N(C)C(=O)CN1CCCc2cccc(F)c21. The average molecular weight is 326 g/mol. The molecule has 2 aromatic carbocycles. The minimum Gasteiger partial charge on any atom is -0.360 e. The van der Waals surface area contributed by atoms with E-state index in [0.717, 1.165) is 24.0 Å². The summed E-state index contributed by atoms with van der Waals surface area (Å²) >= 11 is 0. The minimum absolute atomic E-state index is 0.00227. The van der Waals surface area contributed by atoms with Crippen molar-refractivity contribution in [2.24, 2.45) is 0 Å². The van der Waals surface area contributed by atoms with E-state index in [9.17, 15) is 9.18 Å². The molecule has 0 aromatic heterocycles. The maximum Gasteiger partial charge on any atom is 0.242 e. The summed E-state index contributed by atoms with van der Waals surface area (Å²) in [5, 5.41) is 0. The van der Waals surface area contributed by atoms with Crippen LogP contribution in [0.15, 0.2) is 48.5 Å². The highest BCUT2D eigenvalue weighted by molar-refractivity contribution is 5.82. The molecule has 1 heterocycles. The van der Waals surface area contributed by atoms with Crippen molar-refractivity contribution in [3.05, 3.63) is 65.5 Å². The van der Waals surface area contributed by atoms with Crippen LogP contribution in [0.3, 0.4) is 0 Å². The van der Waals surface area contributed by atoms with Crippen LogP contribution in [-0.4, -0.2) is 30.9 Å². The molecule has 0 saturated carbocycles. The van der Waals surface area contributed by atoms with Crippen LogP contribution in [-0.2, 0) is 11.2 Å². The van der Waals surface area contributed by atoms with Crippen molar-refractivity contribution in [2.45, 2.75) is 25.8 Å². The number of anilines is 1. The fourth-order valence-electron chi connectivity index (χ4n) is 3.29. The number of halogens is 1. The molecule has 1 aliphatic rings. The van der Waals surface area contributed by atoms with E-state index in [4.69, 9.17) is 0 Å². The first-order chi connectivity index (χ1) is 11.6. The molecule has 24 heavy (non-hydrogen) atoms. The molecular formula is C20H23FN2O. The van der Waals surface area contributed by atoms with Gasteiger partial charge in [-0.2, -0.15) is 0 Å². The highest BCUT2D eigenvalue weighted by Gasteiger charge is 2.25. The summed E-state index contributed by atoms with van der Waals surface area (Å²) in [6, 6.07) is 15.1.